The van der Waals surface area contributed by atoms with E-state index in [-0.39, 0.29) is 0 Å². The molecule has 0 spiro atoms. The lowest BCUT2D eigenvalue weighted by molar-refractivity contribution is -0.131. The van der Waals surface area contributed by atoms with Gasteiger partial charge >= 0.3 is 0 Å². The molecule has 2 aromatic carbocycles. The highest BCUT2D eigenvalue weighted by Gasteiger charge is 2.26. The van der Waals surface area contributed by atoms with Crippen molar-refractivity contribution in [3.63, 3.8) is 0 Å². The maximum atomic E-state index is 13.0. The molecule has 1 fully saturated rings. The van der Waals surface area contributed by atoms with Gasteiger partial charge in [-0.25, -0.2) is 0 Å². The molecule has 1 unspecified atom stereocenters. The van der Waals surface area contributed by atoms with E-state index >= 15 is 0 Å². The molecule has 1 atom stereocenters. The first-order valence-corrected chi connectivity index (χ1v) is 12.1. The Morgan fingerprint density at radius 1 is 1.06 bits per heavy atom. The molecule has 4 heteroatoms. The number of fused-ring (bicyclic) bond motifs is 2. The predicted molar refractivity (Wildman–Crippen MR) is 129 cm³/mol. The fourth-order valence-corrected chi connectivity index (χ4v) is 5.50. The van der Waals surface area contributed by atoms with Crippen molar-refractivity contribution in [1.82, 2.24) is 9.80 Å². The maximum absolute atomic E-state index is 13.0. The van der Waals surface area contributed by atoms with Gasteiger partial charge in [-0.05, 0) is 85.9 Å². The molecule has 0 radical (unpaired) electrons. The summed E-state index contributed by atoms with van der Waals surface area (Å²) in [5, 5.41) is 1.24. The van der Waals surface area contributed by atoms with Crippen LogP contribution in [0.25, 0.3) is 11.0 Å². The van der Waals surface area contributed by atoms with Crippen LogP contribution in [0.5, 0.6) is 0 Å². The van der Waals surface area contributed by atoms with Gasteiger partial charge in [0.1, 0.15) is 5.58 Å². The van der Waals surface area contributed by atoms with E-state index in [2.05, 4.69) is 47.9 Å². The molecule has 3 aromatic rings. The van der Waals surface area contributed by atoms with Crippen LogP contribution in [-0.2, 0) is 24.1 Å². The number of benzene rings is 2. The first-order chi connectivity index (χ1) is 15.6. The molecule has 0 bridgehead atoms. The van der Waals surface area contributed by atoms with Crippen molar-refractivity contribution in [1.29, 1.82) is 0 Å². The molecule has 32 heavy (non-hydrogen) atoms. The summed E-state index contributed by atoms with van der Waals surface area (Å²) in [5.41, 5.74) is 7.50. The molecule has 1 saturated heterocycles. The molecule has 3 heterocycles. The highest BCUT2D eigenvalue weighted by atomic mass is 16.3. The van der Waals surface area contributed by atoms with Gasteiger partial charge < -0.3 is 14.2 Å². The number of carbonyl (C=O) groups is 1. The summed E-state index contributed by atoms with van der Waals surface area (Å²) in [6, 6.07) is 12.8. The fourth-order valence-electron chi connectivity index (χ4n) is 5.50. The molecule has 1 aromatic heterocycles. The van der Waals surface area contributed by atoms with Crippen LogP contribution in [0.2, 0.25) is 0 Å². The minimum atomic E-state index is 0.300. The number of furan rings is 1. The SMILES string of the molecule is Cc1cc2c(cc1C)CC(=O)N(CC1CCCN(CCc3coc4ccccc34)C1)CC2. The predicted octanol–water partition coefficient (Wildman–Crippen LogP) is 4.93. The highest BCUT2D eigenvalue weighted by Crippen LogP contribution is 2.25. The van der Waals surface area contributed by atoms with Gasteiger partial charge in [0.05, 0.1) is 12.7 Å². The van der Waals surface area contributed by atoms with E-state index in [1.165, 1.54) is 46.0 Å². The standard InChI is InChI=1S/C28H34N2O2/c1-20-14-23-10-13-30(28(31)16-25(23)15-21(20)2)18-22-6-5-11-29(17-22)12-9-24-19-32-27-8-4-3-7-26(24)27/h3-4,7-8,14-15,19,22H,5-6,9-13,16-18H2,1-2H3. The second-order valence-electron chi connectivity index (χ2n) is 9.79. The summed E-state index contributed by atoms with van der Waals surface area (Å²) in [4.78, 5) is 17.8. The van der Waals surface area contributed by atoms with Gasteiger partial charge in [0, 0.05) is 31.6 Å². The lowest BCUT2D eigenvalue weighted by Crippen LogP contribution is -2.43. The van der Waals surface area contributed by atoms with Gasteiger partial charge in [-0.15, -0.1) is 0 Å². The number of para-hydroxylation sites is 1. The number of rotatable bonds is 5. The molecule has 168 valence electrons. The van der Waals surface area contributed by atoms with Crippen LogP contribution >= 0.6 is 0 Å². The molecule has 5 rings (SSSR count). The summed E-state index contributed by atoms with van der Waals surface area (Å²) >= 11 is 0. The number of hydrogen-bond acceptors (Lipinski definition) is 3. The number of nitrogens with zero attached hydrogens (tertiary/aromatic N) is 2. The number of carbonyl (C=O) groups excluding carboxylic acids is 1. The Kier molecular flexibility index (Phi) is 6.05. The van der Waals surface area contributed by atoms with Crippen molar-refractivity contribution < 1.29 is 9.21 Å². The number of likely N-dealkylation sites (tertiary alicyclic amines) is 1. The molecule has 0 saturated carbocycles. The van der Waals surface area contributed by atoms with Crippen molar-refractivity contribution in [2.75, 3.05) is 32.7 Å². The highest BCUT2D eigenvalue weighted by molar-refractivity contribution is 5.81. The van der Waals surface area contributed by atoms with Crippen LogP contribution in [0.3, 0.4) is 0 Å². The Labute approximate surface area is 191 Å². The van der Waals surface area contributed by atoms with Crippen LogP contribution in [0.15, 0.2) is 47.1 Å². The van der Waals surface area contributed by atoms with E-state index in [0.29, 0.717) is 18.2 Å². The van der Waals surface area contributed by atoms with Crippen LogP contribution in [0.1, 0.15) is 40.7 Å². The minimum Gasteiger partial charge on any atom is -0.464 e. The second-order valence-corrected chi connectivity index (χ2v) is 9.79. The molecule has 2 aliphatic heterocycles. The van der Waals surface area contributed by atoms with Gasteiger partial charge in [0.2, 0.25) is 5.91 Å². The lowest BCUT2D eigenvalue weighted by Gasteiger charge is -2.35. The molecular formula is C28H34N2O2. The van der Waals surface area contributed by atoms with Crippen LogP contribution in [0.4, 0.5) is 0 Å². The van der Waals surface area contributed by atoms with Crippen molar-refractivity contribution in [2.24, 2.45) is 5.92 Å². The average molecular weight is 431 g/mol. The summed E-state index contributed by atoms with van der Waals surface area (Å²) in [5.74, 6) is 0.868. The van der Waals surface area contributed by atoms with E-state index in [1.807, 2.05) is 18.4 Å². The summed E-state index contributed by atoms with van der Waals surface area (Å²) in [6.45, 7) is 9.36. The van der Waals surface area contributed by atoms with Gasteiger partial charge in [0.25, 0.3) is 0 Å². The normalized spacial score (nSPS) is 19.9. The summed E-state index contributed by atoms with van der Waals surface area (Å²) in [7, 11) is 0. The van der Waals surface area contributed by atoms with Crippen molar-refractivity contribution >= 4 is 16.9 Å². The van der Waals surface area contributed by atoms with E-state index in [4.69, 9.17) is 4.42 Å². The molecule has 4 nitrogen and oxygen atoms in total. The molecule has 1 amide bonds. The van der Waals surface area contributed by atoms with E-state index in [9.17, 15) is 4.79 Å². The average Bonchev–Trinajstić information content (AvgIpc) is 3.15. The van der Waals surface area contributed by atoms with E-state index < -0.39 is 0 Å². The van der Waals surface area contributed by atoms with Gasteiger partial charge in [-0.1, -0.05) is 30.3 Å². The first-order valence-electron chi connectivity index (χ1n) is 12.1. The Hall–Kier alpha value is -2.59. The topological polar surface area (TPSA) is 36.7 Å². The van der Waals surface area contributed by atoms with Gasteiger partial charge in [-0.3, -0.25) is 4.79 Å². The van der Waals surface area contributed by atoms with E-state index in [1.54, 1.807) is 0 Å². The third-order valence-corrected chi connectivity index (χ3v) is 7.50. The smallest absolute Gasteiger partial charge is 0.227 e. The molecule has 0 N–H and O–H groups in total. The van der Waals surface area contributed by atoms with Gasteiger partial charge in [-0.2, -0.15) is 0 Å². The minimum absolute atomic E-state index is 0.300. The zero-order valence-corrected chi connectivity index (χ0v) is 19.4. The Bertz CT molecular complexity index is 1120. The monoisotopic (exact) mass is 430 g/mol. The Morgan fingerprint density at radius 3 is 2.75 bits per heavy atom. The number of piperidine rings is 1. The fraction of sp³-hybridized carbons (Fsp3) is 0.464. The van der Waals surface area contributed by atoms with Crippen molar-refractivity contribution in [2.45, 2.75) is 46.0 Å². The molecule has 0 aliphatic carbocycles. The molecular weight excluding hydrogens is 396 g/mol. The maximum Gasteiger partial charge on any atom is 0.227 e. The number of aryl methyl sites for hydroxylation is 2. The zero-order chi connectivity index (χ0) is 22.1. The first kappa shape index (κ1) is 21.3. The molecule has 2 aliphatic rings. The Morgan fingerprint density at radius 2 is 1.88 bits per heavy atom. The van der Waals surface area contributed by atoms with Gasteiger partial charge in [0.15, 0.2) is 0 Å². The van der Waals surface area contributed by atoms with Crippen LogP contribution in [-0.4, -0.2) is 48.4 Å². The quantitative estimate of drug-likeness (QED) is 0.576. The summed E-state index contributed by atoms with van der Waals surface area (Å²) < 4.78 is 5.71. The third-order valence-electron chi connectivity index (χ3n) is 7.50. The number of hydrogen-bond donors (Lipinski definition) is 0. The third kappa shape index (κ3) is 4.47. The lowest BCUT2D eigenvalue weighted by atomic mass is 9.96. The largest absolute Gasteiger partial charge is 0.464 e. The van der Waals surface area contributed by atoms with Crippen LogP contribution in [0, 0.1) is 19.8 Å². The van der Waals surface area contributed by atoms with Crippen molar-refractivity contribution in [3.05, 3.63) is 70.5 Å². The van der Waals surface area contributed by atoms with Crippen molar-refractivity contribution in [3.8, 4) is 0 Å². The van der Waals surface area contributed by atoms with Crippen LogP contribution < -0.4 is 0 Å². The summed E-state index contributed by atoms with van der Waals surface area (Å²) in [6.07, 6.45) is 6.91. The number of amides is 1. The zero-order valence-electron chi connectivity index (χ0n) is 19.4. The Balaban J connectivity index is 1.18. The second kappa shape index (κ2) is 9.11. The van der Waals surface area contributed by atoms with E-state index in [0.717, 1.165) is 51.1 Å².